The average molecular weight is 268 g/mol. The van der Waals surface area contributed by atoms with Crippen LogP contribution in [0.15, 0.2) is 0 Å². The molecule has 0 saturated carbocycles. The molecule has 1 N–H and O–H groups in total. The Balaban J connectivity index is 3.19. The summed E-state index contributed by atoms with van der Waals surface area (Å²) in [6.07, 6.45) is 0.858. The number of carbonyl (C=O) groups is 2. The van der Waals surface area contributed by atoms with Crippen LogP contribution in [0.25, 0.3) is 0 Å². The smallest absolute Gasteiger partial charge is 0.246 e. The summed E-state index contributed by atoms with van der Waals surface area (Å²) < 4.78 is 0. The van der Waals surface area contributed by atoms with Crippen molar-refractivity contribution in [2.45, 2.75) is 73.0 Å². The molecule has 1 saturated heterocycles. The largest absolute Gasteiger partial charge is 0.342 e. The van der Waals surface area contributed by atoms with E-state index in [9.17, 15) is 9.59 Å². The van der Waals surface area contributed by atoms with Crippen LogP contribution < -0.4 is 5.32 Å². The van der Waals surface area contributed by atoms with E-state index in [4.69, 9.17) is 0 Å². The fourth-order valence-electron chi connectivity index (χ4n) is 2.64. The third-order valence-corrected chi connectivity index (χ3v) is 3.90. The molecule has 1 rings (SSSR count). The summed E-state index contributed by atoms with van der Waals surface area (Å²) in [6.45, 7) is 14.0. The van der Waals surface area contributed by atoms with E-state index in [-0.39, 0.29) is 41.3 Å². The molecule has 3 atom stereocenters. The van der Waals surface area contributed by atoms with E-state index in [1.165, 1.54) is 0 Å². The van der Waals surface area contributed by atoms with E-state index in [0.29, 0.717) is 0 Å². The van der Waals surface area contributed by atoms with Crippen molar-refractivity contribution < 1.29 is 9.59 Å². The summed E-state index contributed by atoms with van der Waals surface area (Å²) in [4.78, 5) is 26.9. The lowest BCUT2D eigenvalue weighted by Gasteiger charge is -2.48. The summed E-state index contributed by atoms with van der Waals surface area (Å²) >= 11 is 0. The molecule has 0 radical (unpaired) electrons. The summed E-state index contributed by atoms with van der Waals surface area (Å²) in [6, 6.07) is -0.686. The van der Waals surface area contributed by atoms with Crippen molar-refractivity contribution in [1.29, 1.82) is 0 Å². The number of amides is 2. The summed E-state index contributed by atoms with van der Waals surface area (Å²) in [5, 5.41) is 2.90. The first-order chi connectivity index (χ1) is 8.61. The molecule has 0 aromatic heterocycles. The minimum atomic E-state index is -0.389. The molecular weight excluding hydrogens is 240 g/mol. The Morgan fingerprint density at radius 3 is 2.11 bits per heavy atom. The highest BCUT2D eigenvalue weighted by atomic mass is 16.2. The van der Waals surface area contributed by atoms with Gasteiger partial charge in [-0.2, -0.15) is 0 Å². The van der Waals surface area contributed by atoms with Crippen molar-refractivity contribution in [2.24, 2.45) is 11.3 Å². The summed E-state index contributed by atoms with van der Waals surface area (Å²) in [7, 11) is 0. The van der Waals surface area contributed by atoms with E-state index in [0.717, 1.165) is 6.42 Å². The molecule has 0 aliphatic carbocycles. The lowest BCUT2D eigenvalue weighted by molar-refractivity contribution is -0.158. The lowest BCUT2D eigenvalue weighted by Crippen LogP contribution is -2.69. The Hall–Kier alpha value is -1.06. The van der Waals surface area contributed by atoms with Crippen LogP contribution in [-0.4, -0.2) is 34.8 Å². The molecule has 1 heterocycles. The molecule has 110 valence electrons. The Kier molecular flexibility index (Phi) is 4.64. The highest BCUT2D eigenvalue weighted by molar-refractivity contribution is 5.97. The van der Waals surface area contributed by atoms with Gasteiger partial charge in [0.05, 0.1) is 0 Å². The van der Waals surface area contributed by atoms with Crippen LogP contribution in [0.4, 0.5) is 0 Å². The molecule has 1 aliphatic rings. The van der Waals surface area contributed by atoms with E-state index in [2.05, 4.69) is 12.2 Å². The van der Waals surface area contributed by atoms with Gasteiger partial charge in [-0.15, -0.1) is 0 Å². The first-order valence-electron chi connectivity index (χ1n) is 7.23. The Labute approximate surface area is 116 Å². The maximum absolute atomic E-state index is 12.7. The van der Waals surface area contributed by atoms with E-state index >= 15 is 0 Å². The molecule has 4 heteroatoms. The lowest BCUT2D eigenvalue weighted by atomic mass is 9.81. The van der Waals surface area contributed by atoms with Crippen LogP contribution in [0.2, 0.25) is 0 Å². The van der Waals surface area contributed by atoms with Crippen molar-refractivity contribution in [3.8, 4) is 0 Å². The molecule has 2 amide bonds. The highest BCUT2D eigenvalue weighted by Crippen LogP contribution is 2.31. The number of nitrogens with one attached hydrogen (secondary N) is 1. The molecular formula is C15H28N2O2. The number of hydrogen-bond donors (Lipinski definition) is 1. The predicted molar refractivity (Wildman–Crippen MR) is 76.6 cm³/mol. The zero-order valence-electron chi connectivity index (χ0n) is 13.3. The zero-order chi connectivity index (χ0) is 15.0. The Morgan fingerprint density at radius 1 is 1.21 bits per heavy atom. The number of hydrogen-bond acceptors (Lipinski definition) is 2. The fourth-order valence-corrected chi connectivity index (χ4v) is 2.64. The second kappa shape index (κ2) is 5.51. The fraction of sp³-hybridized carbons (Fsp3) is 0.867. The topological polar surface area (TPSA) is 49.4 Å². The van der Waals surface area contributed by atoms with Gasteiger partial charge in [0.15, 0.2) is 0 Å². The Morgan fingerprint density at radius 2 is 1.74 bits per heavy atom. The van der Waals surface area contributed by atoms with Crippen LogP contribution in [0.1, 0.15) is 54.9 Å². The first kappa shape index (κ1) is 16.0. The van der Waals surface area contributed by atoms with Crippen LogP contribution in [0.5, 0.6) is 0 Å². The van der Waals surface area contributed by atoms with Crippen LogP contribution in [0, 0.1) is 11.3 Å². The Bertz CT molecular complexity index is 358. The van der Waals surface area contributed by atoms with Crippen molar-refractivity contribution in [2.75, 3.05) is 0 Å². The van der Waals surface area contributed by atoms with E-state index in [1.54, 1.807) is 0 Å². The second-order valence-corrected chi connectivity index (χ2v) is 7.00. The molecule has 0 bridgehead atoms. The first-order valence-corrected chi connectivity index (χ1v) is 7.23. The molecule has 3 unspecified atom stereocenters. The van der Waals surface area contributed by atoms with Gasteiger partial charge in [-0.1, -0.05) is 41.5 Å². The molecule has 1 aliphatic heterocycles. The maximum atomic E-state index is 12.7. The van der Waals surface area contributed by atoms with Crippen LogP contribution >= 0.6 is 0 Å². The highest BCUT2D eigenvalue weighted by Gasteiger charge is 2.47. The van der Waals surface area contributed by atoms with Gasteiger partial charge in [0, 0.05) is 6.04 Å². The maximum Gasteiger partial charge on any atom is 0.246 e. The van der Waals surface area contributed by atoms with Crippen molar-refractivity contribution in [3.05, 3.63) is 0 Å². The van der Waals surface area contributed by atoms with Gasteiger partial charge in [-0.3, -0.25) is 9.59 Å². The van der Waals surface area contributed by atoms with Gasteiger partial charge >= 0.3 is 0 Å². The SMILES string of the molecule is CCC(C)N1C(=O)C(C(C)C)NC(=O)C1C(C)(C)C. The van der Waals surface area contributed by atoms with Gasteiger partial charge in [-0.25, -0.2) is 0 Å². The number of rotatable bonds is 3. The minimum Gasteiger partial charge on any atom is -0.342 e. The predicted octanol–water partition coefficient (Wildman–Crippen LogP) is 2.18. The van der Waals surface area contributed by atoms with E-state index in [1.807, 2.05) is 46.4 Å². The van der Waals surface area contributed by atoms with Gasteiger partial charge in [0.1, 0.15) is 12.1 Å². The van der Waals surface area contributed by atoms with Crippen molar-refractivity contribution >= 4 is 11.8 Å². The zero-order valence-corrected chi connectivity index (χ0v) is 13.3. The minimum absolute atomic E-state index is 0.0221. The molecule has 0 aromatic rings. The third kappa shape index (κ3) is 3.10. The molecule has 0 aromatic carbocycles. The van der Waals surface area contributed by atoms with Gasteiger partial charge in [0.25, 0.3) is 0 Å². The van der Waals surface area contributed by atoms with Crippen molar-refractivity contribution in [3.63, 3.8) is 0 Å². The molecule has 4 nitrogen and oxygen atoms in total. The molecule has 19 heavy (non-hydrogen) atoms. The number of piperazine rings is 1. The van der Waals surface area contributed by atoms with Crippen LogP contribution in [0.3, 0.4) is 0 Å². The monoisotopic (exact) mass is 268 g/mol. The normalized spacial score (nSPS) is 26.6. The van der Waals surface area contributed by atoms with Crippen LogP contribution in [-0.2, 0) is 9.59 Å². The van der Waals surface area contributed by atoms with Crippen molar-refractivity contribution in [1.82, 2.24) is 10.2 Å². The summed E-state index contributed by atoms with van der Waals surface area (Å²) in [5.74, 6) is 0.152. The van der Waals surface area contributed by atoms with E-state index < -0.39 is 0 Å². The third-order valence-electron chi connectivity index (χ3n) is 3.90. The van der Waals surface area contributed by atoms with Gasteiger partial charge < -0.3 is 10.2 Å². The van der Waals surface area contributed by atoms with Gasteiger partial charge in [-0.05, 0) is 24.7 Å². The molecule has 1 fully saturated rings. The van der Waals surface area contributed by atoms with Gasteiger partial charge in [0.2, 0.25) is 11.8 Å². The quantitative estimate of drug-likeness (QED) is 0.853. The second-order valence-electron chi connectivity index (χ2n) is 7.00. The average Bonchev–Trinajstić information content (AvgIpc) is 2.28. The standard InChI is InChI=1S/C15H28N2O2/c1-8-10(4)17-12(15(5,6)7)13(18)16-11(9(2)3)14(17)19/h9-12H,8H2,1-7H3,(H,16,18). The number of nitrogens with zero attached hydrogens (tertiary/aromatic N) is 1. The summed E-state index contributed by atoms with van der Waals surface area (Å²) in [5.41, 5.74) is -0.259. The number of carbonyl (C=O) groups excluding carboxylic acids is 2. The molecule has 0 spiro atoms.